The minimum Gasteiger partial charge on any atom is -0.361 e. The molecule has 1 aromatic heterocycles. The number of hydrogen-bond donors (Lipinski definition) is 1. The third-order valence-electron chi connectivity index (χ3n) is 5.36. The SMILES string of the molecule is CC.Cc1ccc2c3c(c[nH]c13)CC1C2=CC(C(=O)N(C)C)CN1C. The number of nitrogens with zero attached hydrogens (tertiary/aromatic N) is 2. The van der Waals surface area contributed by atoms with Crippen LogP contribution < -0.4 is 0 Å². The van der Waals surface area contributed by atoms with E-state index in [0.717, 1.165) is 13.0 Å². The van der Waals surface area contributed by atoms with Gasteiger partial charge in [0.05, 0.1) is 5.92 Å². The van der Waals surface area contributed by atoms with E-state index in [4.69, 9.17) is 0 Å². The van der Waals surface area contributed by atoms with Crippen LogP contribution in [0.4, 0.5) is 0 Å². The van der Waals surface area contributed by atoms with Crippen molar-refractivity contribution in [2.24, 2.45) is 5.92 Å². The van der Waals surface area contributed by atoms with Crippen LogP contribution in [-0.4, -0.2) is 54.4 Å². The maximum atomic E-state index is 12.5. The van der Waals surface area contributed by atoms with E-state index in [0.29, 0.717) is 6.04 Å². The van der Waals surface area contributed by atoms with Crippen LogP contribution in [0.5, 0.6) is 0 Å². The van der Waals surface area contributed by atoms with Gasteiger partial charge in [-0.3, -0.25) is 9.69 Å². The van der Waals surface area contributed by atoms with E-state index >= 15 is 0 Å². The Balaban J connectivity index is 0.000000880. The number of aryl methyl sites for hydroxylation is 1. The summed E-state index contributed by atoms with van der Waals surface area (Å²) in [7, 11) is 5.81. The van der Waals surface area contributed by atoms with E-state index in [-0.39, 0.29) is 11.8 Å². The van der Waals surface area contributed by atoms with Crippen molar-refractivity contribution < 1.29 is 4.79 Å². The summed E-state index contributed by atoms with van der Waals surface area (Å²) < 4.78 is 0. The second-order valence-corrected chi connectivity index (χ2v) is 7.11. The van der Waals surface area contributed by atoms with Gasteiger partial charge in [-0.1, -0.05) is 32.1 Å². The highest BCUT2D eigenvalue weighted by atomic mass is 16.2. The molecule has 1 aliphatic heterocycles. The number of hydrogen-bond acceptors (Lipinski definition) is 2. The topological polar surface area (TPSA) is 39.3 Å². The average Bonchev–Trinajstić information content (AvgIpc) is 3.04. The Bertz CT molecular complexity index is 831. The number of H-pyrrole nitrogens is 1. The normalized spacial score (nSPS) is 21.9. The van der Waals surface area contributed by atoms with Crippen molar-refractivity contribution in [2.45, 2.75) is 33.2 Å². The molecule has 4 heteroatoms. The third-order valence-corrected chi connectivity index (χ3v) is 5.36. The first kappa shape index (κ1) is 17.7. The molecule has 1 aromatic carbocycles. The standard InChI is InChI=1S/C19H23N3O.C2H6/c1-11-5-6-14-15-7-13(19(23)21(2)3)10-22(4)16(15)8-12-9-20-18(11)17(12)14;1-2/h5-7,9,13,16,20H,8,10H2,1-4H3;1-2H3. The largest absolute Gasteiger partial charge is 0.361 e. The number of aromatic amines is 1. The summed E-state index contributed by atoms with van der Waals surface area (Å²) in [6.07, 6.45) is 5.39. The third kappa shape index (κ3) is 2.78. The number of carbonyl (C=O) groups excluding carboxylic acids is 1. The monoisotopic (exact) mass is 339 g/mol. The minimum atomic E-state index is -0.0573. The summed E-state index contributed by atoms with van der Waals surface area (Å²) in [5, 5.41) is 1.35. The lowest BCUT2D eigenvalue weighted by Gasteiger charge is -2.40. The summed E-state index contributed by atoms with van der Waals surface area (Å²) in [5.41, 5.74) is 6.52. The van der Waals surface area contributed by atoms with Crippen LogP contribution in [0.2, 0.25) is 0 Å². The molecular weight excluding hydrogens is 310 g/mol. The van der Waals surface area contributed by atoms with Gasteiger partial charge < -0.3 is 9.88 Å². The van der Waals surface area contributed by atoms with Crippen molar-refractivity contribution >= 4 is 22.4 Å². The summed E-state index contributed by atoms with van der Waals surface area (Å²) in [4.78, 5) is 19.9. The molecule has 1 amide bonds. The predicted octanol–water partition coefficient (Wildman–Crippen LogP) is 3.46. The maximum Gasteiger partial charge on any atom is 0.230 e. The van der Waals surface area contributed by atoms with Gasteiger partial charge in [0.2, 0.25) is 5.91 Å². The molecule has 1 aliphatic carbocycles. The Morgan fingerprint density at radius 2 is 2.00 bits per heavy atom. The molecule has 0 saturated heterocycles. The first-order valence-electron chi connectivity index (χ1n) is 9.20. The van der Waals surface area contributed by atoms with Gasteiger partial charge in [0.1, 0.15) is 0 Å². The van der Waals surface area contributed by atoms with Crippen LogP contribution in [0.25, 0.3) is 16.5 Å². The van der Waals surface area contributed by atoms with Gasteiger partial charge in [0.15, 0.2) is 0 Å². The van der Waals surface area contributed by atoms with Crippen molar-refractivity contribution in [3.05, 3.63) is 41.1 Å². The fourth-order valence-electron chi connectivity index (χ4n) is 4.14. The second kappa shape index (κ2) is 6.68. The average molecular weight is 339 g/mol. The molecule has 1 N–H and O–H groups in total. The molecule has 0 saturated carbocycles. The molecule has 4 rings (SSSR count). The van der Waals surface area contributed by atoms with Crippen LogP contribution in [0, 0.1) is 12.8 Å². The first-order chi connectivity index (χ1) is 12.0. The Morgan fingerprint density at radius 1 is 1.28 bits per heavy atom. The number of fused-ring (bicyclic) bond motifs is 2. The van der Waals surface area contributed by atoms with Crippen molar-refractivity contribution in [3.8, 4) is 0 Å². The Kier molecular flexibility index (Phi) is 4.74. The van der Waals surface area contributed by atoms with Gasteiger partial charge in [0.25, 0.3) is 0 Å². The molecule has 134 valence electrons. The van der Waals surface area contributed by atoms with Crippen molar-refractivity contribution in [3.63, 3.8) is 0 Å². The molecule has 2 aliphatic rings. The number of carbonyl (C=O) groups is 1. The quantitative estimate of drug-likeness (QED) is 0.864. The summed E-state index contributed by atoms with van der Waals surface area (Å²) in [6.45, 7) is 6.94. The van der Waals surface area contributed by atoms with E-state index in [2.05, 4.69) is 48.3 Å². The molecule has 25 heavy (non-hydrogen) atoms. The summed E-state index contributed by atoms with van der Waals surface area (Å²) in [6, 6.07) is 4.78. The number of likely N-dealkylation sites (N-methyl/N-ethyl adjacent to an activating group) is 1. The number of rotatable bonds is 1. The fourth-order valence-corrected chi connectivity index (χ4v) is 4.14. The minimum absolute atomic E-state index is 0.0573. The lowest BCUT2D eigenvalue weighted by Crippen LogP contribution is -2.46. The molecule has 0 radical (unpaired) electrons. The lowest BCUT2D eigenvalue weighted by molar-refractivity contribution is -0.132. The van der Waals surface area contributed by atoms with Crippen LogP contribution in [-0.2, 0) is 11.2 Å². The van der Waals surface area contributed by atoms with Gasteiger partial charge in [-0.15, -0.1) is 0 Å². The molecule has 0 spiro atoms. The van der Waals surface area contributed by atoms with Gasteiger partial charge >= 0.3 is 0 Å². The number of nitrogens with one attached hydrogen (secondary N) is 1. The molecule has 2 atom stereocenters. The molecule has 2 heterocycles. The van der Waals surface area contributed by atoms with Gasteiger partial charge in [-0.2, -0.15) is 0 Å². The van der Waals surface area contributed by atoms with E-state index in [1.54, 1.807) is 4.90 Å². The fraction of sp³-hybridized carbons (Fsp3) is 0.476. The molecule has 2 aromatic rings. The highest BCUT2D eigenvalue weighted by Gasteiger charge is 2.36. The van der Waals surface area contributed by atoms with E-state index in [1.807, 2.05) is 27.9 Å². The van der Waals surface area contributed by atoms with Crippen LogP contribution >= 0.6 is 0 Å². The number of aromatic nitrogens is 1. The zero-order valence-electron chi connectivity index (χ0n) is 16.2. The summed E-state index contributed by atoms with van der Waals surface area (Å²) in [5.74, 6) is 0.129. The van der Waals surface area contributed by atoms with Crippen LogP contribution in [0.15, 0.2) is 24.4 Å². The van der Waals surface area contributed by atoms with Gasteiger partial charge in [0, 0.05) is 43.8 Å². The molecule has 0 bridgehead atoms. The molecule has 4 nitrogen and oxygen atoms in total. The number of benzene rings is 1. The van der Waals surface area contributed by atoms with Crippen LogP contribution in [0.3, 0.4) is 0 Å². The van der Waals surface area contributed by atoms with Crippen molar-refractivity contribution in [1.29, 1.82) is 0 Å². The number of amides is 1. The van der Waals surface area contributed by atoms with E-state index in [9.17, 15) is 4.79 Å². The van der Waals surface area contributed by atoms with E-state index in [1.165, 1.54) is 33.2 Å². The summed E-state index contributed by atoms with van der Waals surface area (Å²) >= 11 is 0. The van der Waals surface area contributed by atoms with Gasteiger partial charge in [-0.25, -0.2) is 0 Å². The second-order valence-electron chi connectivity index (χ2n) is 7.11. The highest BCUT2D eigenvalue weighted by Crippen LogP contribution is 2.41. The molecular formula is C21H29N3O. The smallest absolute Gasteiger partial charge is 0.230 e. The highest BCUT2D eigenvalue weighted by molar-refractivity contribution is 6.00. The molecule has 0 fully saturated rings. The van der Waals surface area contributed by atoms with Crippen molar-refractivity contribution in [1.82, 2.24) is 14.8 Å². The molecule has 2 unspecified atom stereocenters. The zero-order chi connectivity index (χ0) is 18.3. The maximum absolute atomic E-state index is 12.5. The first-order valence-corrected chi connectivity index (χ1v) is 9.20. The predicted molar refractivity (Wildman–Crippen MR) is 105 cm³/mol. The zero-order valence-corrected chi connectivity index (χ0v) is 16.2. The Labute approximate surface area is 150 Å². The Morgan fingerprint density at radius 3 is 2.68 bits per heavy atom. The van der Waals surface area contributed by atoms with Crippen molar-refractivity contribution in [2.75, 3.05) is 27.7 Å². The van der Waals surface area contributed by atoms with Crippen LogP contribution in [0.1, 0.15) is 30.5 Å². The van der Waals surface area contributed by atoms with E-state index < -0.39 is 0 Å². The lowest BCUT2D eigenvalue weighted by atomic mass is 9.79. The Hall–Kier alpha value is -2.07. The van der Waals surface area contributed by atoms with Gasteiger partial charge in [-0.05, 0) is 42.7 Å².